The van der Waals surface area contributed by atoms with E-state index in [1.807, 2.05) is 11.7 Å². The topological polar surface area (TPSA) is 68.5 Å². The smallest absolute Gasteiger partial charge is 0.138 e. The predicted molar refractivity (Wildman–Crippen MR) is 75.0 cm³/mol. The van der Waals surface area contributed by atoms with Crippen LogP contribution in [0.5, 0.6) is 0 Å². The zero-order chi connectivity index (χ0) is 13.7. The molecule has 0 bridgehead atoms. The fourth-order valence-corrected chi connectivity index (χ4v) is 2.85. The van der Waals surface area contributed by atoms with Crippen LogP contribution in [0.15, 0.2) is 6.33 Å². The summed E-state index contributed by atoms with van der Waals surface area (Å²) in [5, 5.41) is 11.9. The van der Waals surface area contributed by atoms with Crippen LogP contribution in [-0.2, 0) is 19.9 Å². The van der Waals surface area contributed by atoms with Crippen molar-refractivity contribution in [2.45, 2.75) is 39.2 Å². The van der Waals surface area contributed by atoms with Gasteiger partial charge < -0.3 is 5.32 Å². The molecule has 0 saturated heterocycles. The van der Waals surface area contributed by atoms with E-state index in [0.717, 1.165) is 37.3 Å². The van der Waals surface area contributed by atoms with Crippen molar-refractivity contribution in [3.8, 4) is 0 Å². The molecule has 1 atom stereocenters. The van der Waals surface area contributed by atoms with Gasteiger partial charge in [0.05, 0.1) is 16.6 Å². The van der Waals surface area contributed by atoms with Gasteiger partial charge in [-0.25, -0.2) is 4.98 Å². The summed E-state index contributed by atoms with van der Waals surface area (Å²) in [6.07, 6.45) is 4.47. The van der Waals surface area contributed by atoms with E-state index in [-0.39, 0.29) is 6.04 Å². The Bertz CT molecular complexity index is 506. The van der Waals surface area contributed by atoms with Crippen LogP contribution in [0.4, 0.5) is 0 Å². The molecule has 0 aliphatic carbocycles. The van der Waals surface area contributed by atoms with Crippen LogP contribution in [0.1, 0.15) is 42.7 Å². The maximum atomic E-state index is 4.30. The highest BCUT2D eigenvalue weighted by Gasteiger charge is 2.20. The van der Waals surface area contributed by atoms with Crippen molar-refractivity contribution in [2.24, 2.45) is 7.05 Å². The molecule has 0 spiro atoms. The van der Waals surface area contributed by atoms with Gasteiger partial charge in [-0.3, -0.25) is 4.68 Å². The number of nitrogens with one attached hydrogen (secondary N) is 1. The minimum Gasteiger partial charge on any atom is -0.309 e. The van der Waals surface area contributed by atoms with Crippen LogP contribution in [-0.4, -0.2) is 30.9 Å². The third-order valence-corrected chi connectivity index (χ3v) is 3.91. The van der Waals surface area contributed by atoms with E-state index in [2.05, 4.69) is 38.8 Å². The Morgan fingerprint density at radius 2 is 2.26 bits per heavy atom. The largest absolute Gasteiger partial charge is 0.309 e. The van der Waals surface area contributed by atoms with Gasteiger partial charge in [0.25, 0.3) is 0 Å². The molecule has 104 valence electrons. The minimum absolute atomic E-state index is 0.217. The molecule has 2 rings (SSSR count). The van der Waals surface area contributed by atoms with Crippen molar-refractivity contribution in [1.29, 1.82) is 0 Å². The second-order valence-electron chi connectivity index (χ2n) is 4.45. The molecule has 1 N–H and O–H groups in total. The zero-order valence-corrected chi connectivity index (χ0v) is 12.4. The summed E-state index contributed by atoms with van der Waals surface area (Å²) in [6.45, 7) is 5.18. The maximum Gasteiger partial charge on any atom is 0.138 e. The fourth-order valence-electron chi connectivity index (χ4n) is 2.08. The van der Waals surface area contributed by atoms with Gasteiger partial charge in [0.1, 0.15) is 12.2 Å². The number of hydrogen-bond acceptors (Lipinski definition) is 6. The van der Waals surface area contributed by atoms with Gasteiger partial charge in [-0.15, -0.1) is 5.10 Å². The summed E-state index contributed by atoms with van der Waals surface area (Å²) in [5.74, 6) is 0.974. The van der Waals surface area contributed by atoms with Gasteiger partial charge in [0, 0.05) is 13.5 Å². The lowest BCUT2D eigenvalue weighted by Crippen LogP contribution is -2.24. The summed E-state index contributed by atoms with van der Waals surface area (Å²) in [7, 11) is 1.92. The predicted octanol–water partition coefficient (Wildman–Crippen LogP) is 1.51. The molecule has 7 heteroatoms. The molecule has 19 heavy (non-hydrogen) atoms. The van der Waals surface area contributed by atoms with Crippen molar-refractivity contribution in [1.82, 2.24) is 29.7 Å². The molecule has 0 saturated carbocycles. The molecular formula is C12H20N6S. The average Bonchev–Trinajstić information content (AvgIpc) is 2.99. The van der Waals surface area contributed by atoms with Crippen molar-refractivity contribution in [3.05, 3.63) is 22.7 Å². The van der Waals surface area contributed by atoms with E-state index < -0.39 is 0 Å². The average molecular weight is 280 g/mol. The zero-order valence-electron chi connectivity index (χ0n) is 11.6. The first-order valence-electron chi connectivity index (χ1n) is 6.63. The van der Waals surface area contributed by atoms with Gasteiger partial charge in [0.2, 0.25) is 0 Å². The Hall–Kier alpha value is -1.34. The lowest BCUT2D eigenvalue weighted by molar-refractivity contribution is 0.524. The van der Waals surface area contributed by atoms with Crippen molar-refractivity contribution >= 4 is 11.5 Å². The Labute approximate surface area is 117 Å². The van der Waals surface area contributed by atoms with E-state index in [0.29, 0.717) is 0 Å². The molecular weight excluding hydrogens is 260 g/mol. The number of nitrogens with zero attached hydrogens (tertiary/aromatic N) is 5. The van der Waals surface area contributed by atoms with Crippen molar-refractivity contribution in [3.63, 3.8) is 0 Å². The highest BCUT2D eigenvalue weighted by atomic mass is 32.1. The lowest BCUT2D eigenvalue weighted by atomic mass is 10.1. The van der Waals surface area contributed by atoms with Gasteiger partial charge in [-0.2, -0.15) is 5.10 Å². The summed E-state index contributed by atoms with van der Waals surface area (Å²) < 4.78 is 5.92. The summed E-state index contributed by atoms with van der Waals surface area (Å²) >= 11 is 1.48. The molecule has 0 aromatic carbocycles. The highest BCUT2D eigenvalue weighted by molar-refractivity contribution is 7.05. The van der Waals surface area contributed by atoms with Crippen molar-refractivity contribution < 1.29 is 0 Å². The number of rotatable bonds is 7. The molecule has 1 unspecified atom stereocenters. The Kier molecular flexibility index (Phi) is 4.98. The third-order valence-electron chi connectivity index (χ3n) is 3.03. The Morgan fingerprint density at radius 1 is 1.42 bits per heavy atom. The SMILES string of the molecule is CCCc1nnsc1C(Cc1ncnn1C)NCC. The Balaban J connectivity index is 2.19. The van der Waals surface area contributed by atoms with E-state index in [1.165, 1.54) is 16.4 Å². The van der Waals surface area contributed by atoms with E-state index in [1.54, 1.807) is 6.33 Å². The van der Waals surface area contributed by atoms with Gasteiger partial charge >= 0.3 is 0 Å². The molecule has 0 radical (unpaired) electrons. The van der Waals surface area contributed by atoms with Crippen LogP contribution in [0.2, 0.25) is 0 Å². The van der Waals surface area contributed by atoms with E-state index in [9.17, 15) is 0 Å². The molecule has 6 nitrogen and oxygen atoms in total. The molecule has 2 heterocycles. The van der Waals surface area contributed by atoms with Gasteiger partial charge in [-0.1, -0.05) is 24.8 Å². The first kappa shape index (κ1) is 14.1. The quantitative estimate of drug-likeness (QED) is 0.832. The number of aromatic nitrogens is 5. The number of aryl methyl sites for hydroxylation is 2. The summed E-state index contributed by atoms with van der Waals surface area (Å²) in [4.78, 5) is 5.53. The third kappa shape index (κ3) is 3.36. The van der Waals surface area contributed by atoms with E-state index in [4.69, 9.17) is 0 Å². The first-order valence-corrected chi connectivity index (χ1v) is 7.40. The fraction of sp³-hybridized carbons (Fsp3) is 0.667. The number of hydrogen-bond donors (Lipinski definition) is 1. The summed E-state index contributed by atoms with van der Waals surface area (Å²) in [5.41, 5.74) is 1.11. The minimum atomic E-state index is 0.217. The van der Waals surface area contributed by atoms with Crippen LogP contribution < -0.4 is 5.32 Å². The standard InChI is InChI=1S/C12H20N6S/c1-4-6-9-12(19-17-16-9)10(13-5-2)7-11-14-8-15-18(11)3/h8,10,13H,4-7H2,1-3H3. The summed E-state index contributed by atoms with van der Waals surface area (Å²) in [6, 6.07) is 0.217. The maximum absolute atomic E-state index is 4.30. The van der Waals surface area contributed by atoms with E-state index >= 15 is 0 Å². The van der Waals surface area contributed by atoms with Gasteiger partial charge in [-0.05, 0) is 24.5 Å². The lowest BCUT2D eigenvalue weighted by Gasteiger charge is -2.16. The van der Waals surface area contributed by atoms with Crippen LogP contribution in [0, 0.1) is 0 Å². The van der Waals surface area contributed by atoms with Crippen molar-refractivity contribution in [2.75, 3.05) is 6.54 Å². The second-order valence-corrected chi connectivity index (χ2v) is 5.23. The molecule has 0 aliphatic rings. The second kappa shape index (κ2) is 6.72. The molecule has 2 aromatic rings. The highest BCUT2D eigenvalue weighted by Crippen LogP contribution is 2.24. The number of likely N-dealkylation sites (N-methyl/N-ethyl adjacent to an activating group) is 1. The molecule has 2 aromatic heterocycles. The van der Waals surface area contributed by atoms with Gasteiger partial charge in [0.15, 0.2) is 0 Å². The monoisotopic (exact) mass is 280 g/mol. The molecule has 0 fully saturated rings. The van der Waals surface area contributed by atoms with Crippen LogP contribution >= 0.6 is 11.5 Å². The first-order chi connectivity index (χ1) is 9.26. The normalized spacial score (nSPS) is 12.8. The van der Waals surface area contributed by atoms with Crippen LogP contribution in [0.25, 0.3) is 0 Å². The molecule has 0 aliphatic heterocycles. The molecule has 0 amide bonds. The van der Waals surface area contributed by atoms with Crippen LogP contribution in [0.3, 0.4) is 0 Å². The Morgan fingerprint density at radius 3 is 2.89 bits per heavy atom.